The lowest BCUT2D eigenvalue weighted by molar-refractivity contribution is 0.0307. The molecule has 0 spiro atoms. The van der Waals surface area contributed by atoms with E-state index in [1.54, 1.807) is 0 Å². The summed E-state index contributed by atoms with van der Waals surface area (Å²) in [5.74, 6) is 0. The van der Waals surface area contributed by atoms with Gasteiger partial charge in [-0.15, -0.1) is 0 Å². The van der Waals surface area contributed by atoms with E-state index < -0.39 is 0 Å². The Morgan fingerprint density at radius 2 is 2.12 bits per heavy atom. The second kappa shape index (κ2) is 6.77. The molecule has 1 aromatic carbocycles. The summed E-state index contributed by atoms with van der Waals surface area (Å²) in [7, 11) is 0. The van der Waals surface area contributed by atoms with Gasteiger partial charge in [-0.3, -0.25) is 0 Å². The summed E-state index contributed by atoms with van der Waals surface area (Å²) in [6, 6.07) is 11.0. The molecule has 1 fully saturated rings. The third-order valence-corrected chi connectivity index (χ3v) is 3.46. The average molecular weight is 233 g/mol. The van der Waals surface area contributed by atoms with E-state index in [0.717, 1.165) is 19.6 Å². The van der Waals surface area contributed by atoms with E-state index in [2.05, 4.69) is 36.5 Å². The maximum Gasteiger partial charge on any atom is 0.0744 e. The van der Waals surface area contributed by atoms with Crippen molar-refractivity contribution < 1.29 is 4.74 Å². The molecule has 0 saturated carbocycles. The highest BCUT2D eigenvalue weighted by Gasteiger charge is 2.26. The molecule has 2 nitrogen and oxygen atoms in total. The third kappa shape index (κ3) is 3.83. The highest BCUT2D eigenvalue weighted by Crippen LogP contribution is 2.18. The van der Waals surface area contributed by atoms with Gasteiger partial charge in [-0.1, -0.05) is 50.1 Å². The van der Waals surface area contributed by atoms with Crippen LogP contribution < -0.4 is 5.32 Å². The first-order valence-corrected chi connectivity index (χ1v) is 6.79. The van der Waals surface area contributed by atoms with Crippen LogP contribution >= 0.6 is 0 Å². The summed E-state index contributed by atoms with van der Waals surface area (Å²) >= 11 is 0. The minimum absolute atomic E-state index is 0.404. The Hall–Kier alpha value is -0.860. The summed E-state index contributed by atoms with van der Waals surface area (Å²) in [4.78, 5) is 0. The number of unbranched alkanes of at least 4 members (excludes halogenated alkanes) is 1. The molecule has 0 bridgehead atoms. The van der Waals surface area contributed by atoms with Crippen molar-refractivity contribution in [1.29, 1.82) is 0 Å². The van der Waals surface area contributed by atoms with E-state index in [0.29, 0.717) is 12.1 Å². The second-order valence-electron chi connectivity index (χ2n) is 4.83. The Balaban J connectivity index is 1.78. The molecule has 1 heterocycles. The van der Waals surface area contributed by atoms with Crippen LogP contribution in [0.5, 0.6) is 0 Å². The van der Waals surface area contributed by atoms with Crippen molar-refractivity contribution in [1.82, 2.24) is 5.32 Å². The van der Waals surface area contributed by atoms with Gasteiger partial charge in [0.1, 0.15) is 0 Å². The van der Waals surface area contributed by atoms with Crippen molar-refractivity contribution in [3.8, 4) is 0 Å². The molecule has 1 saturated heterocycles. The molecular formula is C15H23NO. The quantitative estimate of drug-likeness (QED) is 0.815. The Bertz CT molecular complexity index is 312. The van der Waals surface area contributed by atoms with Crippen LogP contribution in [0, 0.1) is 0 Å². The van der Waals surface area contributed by atoms with E-state index in [-0.39, 0.29) is 0 Å². The zero-order valence-electron chi connectivity index (χ0n) is 10.7. The molecular weight excluding hydrogens is 210 g/mol. The molecule has 1 aromatic rings. The van der Waals surface area contributed by atoms with E-state index in [1.165, 1.54) is 24.8 Å². The van der Waals surface area contributed by atoms with Gasteiger partial charge in [-0.25, -0.2) is 0 Å². The summed E-state index contributed by atoms with van der Waals surface area (Å²) in [6.07, 6.45) is 5.37. The fraction of sp³-hybridized carbons (Fsp3) is 0.600. The van der Waals surface area contributed by atoms with Gasteiger partial charge in [0, 0.05) is 6.04 Å². The molecule has 0 radical (unpaired) electrons. The minimum atomic E-state index is 0.404. The summed E-state index contributed by atoms with van der Waals surface area (Å²) in [6.45, 7) is 4.10. The van der Waals surface area contributed by atoms with Gasteiger partial charge in [-0.2, -0.15) is 0 Å². The highest BCUT2D eigenvalue weighted by molar-refractivity contribution is 5.13. The zero-order valence-corrected chi connectivity index (χ0v) is 10.7. The Morgan fingerprint density at radius 3 is 2.88 bits per heavy atom. The first-order chi connectivity index (χ1) is 8.40. The predicted molar refractivity (Wildman–Crippen MR) is 71.0 cm³/mol. The molecule has 0 amide bonds. The van der Waals surface area contributed by atoms with Crippen LogP contribution in [-0.2, 0) is 11.3 Å². The monoisotopic (exact) mass is 233 g/mol. The summed E-state index contributed by atoms with van der Waals surface area (Å²) in [5, 5.41) is 3.55. The molecule has 2 unspecified atom stereocenters. The van der Waals surface area contributed by atoms with Crippen LogP contribution in [-0.4, -0.2) is 18.7 Å². The average Bonchev–Trinajstić information content (AvgIpc) is 2.82. The van der Waals surface area contributed by atoms with Crippen molar-refractivity contribution in [2.24, 2.45) is 0 Å². The smallest absolute Gasteiger partial charge is 0.0744 e. The van der Waals surface area contributed by atoms with Crippen LogP contribution in [0.1, 0.15) is 38.2 Å². The molecule has 1 aliphatic heterocycles. The predicted octanol–water partition coefficient (Wildman–Crippen LogP) is 3.12. The number of hydrogen-bond donors (Lipinski definition) is 1. The molecule has 0 aromatic heterocycles. The lowest BCUT2D eigenvalue weighted by atomic mass is 10.1. The normalized spacial score (nSPS) is 24.1. The number of benzene rings is 1. The molecule has 17 heavy (non-hydrogen) atoms. The maximum absolute atomic E-state index is 6.04. The van der Waals surface area contributed by atoms with Gasteiger partial charge < -0.3 is 10.1 Å². The van der Waals surface area contributed by atoms with E-state index in [4.69, 9.17) is 4.74 Å². The van der Waals surface area contributed by atoms with Crippen LogP contribution in [0.3, 0.4) is 0 Å². The van der Waals surface area contributed by atoms with Crippen LogP contribution in [0.25, 0.3) is 0 Å². The molecule has 1 N–H and O–H groups in total. The summed E-state index contributed by atoms with van der Waals surface area (Å²) in [5.41, 5.74) is 1.27. The van der Waals surface area contributed by atoms with Crippen molar-refractivity contribution in [3.05, 3.63) is 35.9 Å². The molecule has 0 aliphatic carbocycles. The van der Waals surface area contributed by atoms with Gasteiger partial charge in [-0.05, 0) is 24.9 Å². The lowest BCUT2D eigenvalue weighted by Gasteiger charge is -2.20. The van der Waals surface area contributed by atoms with Crippen molar-refractivity contribution in [3.63, 3.8) is 0 Å². The van der Waals surface area contributed by atoms with Crippen LogP contribution in [0.4, 0.5) is 0 Å². The molecule has 94 valence electrons. The second-order valence-corrected chi connectivity index (χ2v) is 4.83. The van der Waals surface area contributed by atoms with Crippen molar-refractivity contribution in [2.75, 3.05) is 6.54 Å². The van der Waals surface area contributed by atoms with Gasteiger partial charge in [0.25, 0.3) is 0 Å². The van der Waals surface area contributed by atoms with Gasteiger partial charge in [0.15, 0.2) is 0 Å². The first kappa shape index (κ1) is 12.6. The zero-order chi connectivity index (χ0) is 11.9. The van der Waals surface area contributed by atoms with Crippen molar-refractivity contribution in [2.45, 2.75) is 51.4 Å². The molecule has 2 atom stereocenters. The van der Waals surface area contributed by atoms with Gasteiger partial charge >= 0.3 is 0 Å². The number of rotatable bonds is 6. The maximum atomic E-state index is 6.04. The highest BCUT2D eigenvalue weighted by atomic mass is 16.5. The Kier molecular flexibility index (Phi) is 5.02. The SMILES string of the molecule is CCCCC1NCCC1OCc1ccccc1. The Labute approximate surface area is 104 Å². The number of nitrogens with one attached hydrogen (secondary N) is 1. The Morgan fingerprint density at radius 1 is 1.29 bits per heavy atom. The third-order valence-electron chi connectivity index (χ3n) is 3.46. The topological polar surface area (TPSA) is 21.3 Å². The lowest BCUT2D eigenvalue weighted by Crippen LogP contribution is -2.31. The van der Waals surface area contributed by atoms with Crippen LogP contribution in [0.15, 0.2) is 30.3 Å². The first-order valence-electron chi connectivity index (χ1n) is 6.79. The molecule has 2 heteroatoms. The van der Waals surface area contributed by atoms with Crippen LogP contribution in [0.2, 0.25) is 0 Å². The van der Waals surface area contributed by atoms with E-state index >= 15 is 0 Å². The van der Waals surface area contributed by atoms with Gasteiger partial charge in [0.2, 0.25) is 0 Å². The number of ether oxygens (including phenoxy) is 1. The fourth-order valence-electron chi connectivity index (χ4n) is 2.43. The van der Waals surface area contributed by atoms with E-state index in [1.807, 2.05) is 6.07 Å². The van der Waals surface area contributed by atoms with Gasteiger partial charge in [0.05, 0.1) is 12.7 Å². The summed E-state index contributed by atoms with van der Waals surface area (Å²) < 4.78 is 6.04. The fourth-order valence-corrected chi connectivity index (χ4v) is 2.43. The molecule has 1 aliphatic rings. The minimum Gasteiger partial charge on any atom is -0.372 e. The number of hydrogen-bond acceptors (Lipinski definition) is 2. The van der Waals surface area contributed by atoms with E-state index in [9.17, 15) is 0 Å². The standard InChI is InChI=1S/C15H23NO/c1-2-3-9-14-15(10-11-16-14)17-12-13-7-5-4-6-8-13/h4-8,14-16H,2-3,9-12H2,1H3. The largest absolute Gasteiger partial charge is 0.372 e. The van der Waals surface area contributed by atoms with Crippen molar-refractivity contribution >= 4 is 0 Å². The molecule has 2 rings (SSSR count).